The number of nitrogens with two attached hydrogens (primary N) is 1. The first-order valence-corrected chi connectivity index (χ1v) is 6.78. The Kier molecular flexibility index (Phi) is 3.87. The first-order valence-electron chi connectivity index (χ1n) is 5.19. The molecule has 18 heavy (non-hydrogen) atoms. The van der Waals surface area contributed by atoms with Gasteiger partial charge in [0.05, 0.1) is 4.47 Å². The lowest BCUT2D eigenvalue weighted by Crippen LogP contribution is -2.30. The highest BCUT2D eigenvalue weighted by molar-refractivity contribution is 9.11. The second-order valence-corrected chi connectivity index (χ2v) is 5.44. The Bertz CT molecular complexity index is 616. The zero-order valence-electron chi connectivity index (χ0n) is 9.48. The lowest BCUT2D eigenvalue weighted by Gasteiger charge is -2.15. The molecule has 0 saturated carbocycles. The van der Waals surface area contributed by atoms with Crippen molar-refractivity contribution in [2.75, 3.05) is 0 Å². The molecule has 0 radical (unpaired) electrons. The summed E-state index contributed by atoms with van der Waals surface area (Å²) in [5, 5.41) is 0.910. The van der Waals surface area contributed by atoms with Crippen molar-refractivity contribution in [2.45, 2.75) is 13.0 Å². The second-order valence-electron chi connectivity index (χ2n) is 3.73. The Hall–Kier alpha value is -1.14. The van der Waals surface area contributed by atoms with E-state index in [-0.39, 0.29) is 0 Å². The van der Waals surface area contributed by atoms with Gasteiger partial charge >= 0.3 is 0 Å². The molecular formula is C12H10Br2N2O2. The topological polar surface area (TPSA) is 65.2 Å². The summed E-state index contributed by atoms with van der Waals surface area (Å²) in [6, 6.07) is 5.61. The first kappa shape index (κ1) is 13.3. The number of fused-ring (bicyclic) bond motifs is 1. The molecule has 0 aliphatic rings. The van der Waals surface area contributed by atoms with Crippen molar-refractivity contribution in [3.8, 4) is 5.75 Å². The minimum Gasteiger partial charge on any atom is -0.477 e. The number of benzene rings is 1. The van der Waals surface area contributed by atoms with Gasteiger partial charge in [0.2, 0.25) is 0 Å². The summed E-state index contributed by atoms with van der Waals surface area (Å²) in [7, 11) is 0. The number of hydrogen-bond donors (Lipinski definition) is 1. The van der Waals surface area contributed by atoms with E-state index >= 15 is 0 Å². The van der Waals surface area contributed by atoms with Gasteiger partial charge < -0.3 is 10.5 Å². The zero-order chi connectivity index (χ0) is 13.3. The van der Waals surface area contributed by atoms with E-state index in [4.69, 9.17) is 10.5 Å². The van der Waals surface area contributed by atoms with Crippen LogP contribution >= 0.6 is 31.9 Å². The van der Waals surface area contributed by atoms with E-state index in [1.54, 1.807) is 13.1 Å². The summed E-state index contributed by atoms with van der Waals surface area (Å²) in [5.41, 5.74) is 5.87. The highest BCUT2D eigenvalue weighted by atomic mass is 79.9. The molecule has 0 fully saturated rings. The monoisotopic (exact) mass is 372 g/mol. The average molecular weight is 374 g/mol. The highest BCUT2D eigenvalue weighted by Crippen LogP contribution is 2.37. The minimum atomic E-state index is -0.715. The van der Waals surface area contributed by atoms with Gasteiger partial charge in [-0.1, -0.05) is 22.0 Å². The van der Waals surface area contributed by atoms with E-state index in [0.29, 0.717) is 15.7 Å². The molecule has 1 unspecified atom stereocenters. The predicted octanol–water partition coefficient (Wildman–Crippen LogP) is 3.01. The number of aromatic nitrogens is 1. The number of hydrogen-bond acceptors (Lipinski definition) is 3. The van der Waals surface area contributed by atoms with E-state index in [9.17, 15) is 4.79 Å². The highest BCUT2D eigenvalue weighted by Gasteiger charge is 2.17. The number of carbonyl (C=O) groups excluding carboxylic acids is 1. The van der Waals surface area contributed by atoms with Crippen molar-refractivity contribution in [1.29, 1.82) is 0 Å². The van der Waals surface area contributed by atoms with Crippen LogP contribution in [0.1, 0.15) is 6.92 Å². The van der Waals surface area contributed by atoms with Crippen LogP contribution in [0.4, 0.5) is 0 Å². The number of halogens is 2. The minimum absolute atomic E-state index is 0.514. The van der Waals surface area contributed by atoms with E-state index < -0.39 is 12.0 Å². The fourth-order valence-corrected chi connectivity index (χ4v) is 2.86. The Morgan fingerprint density at radius 3 is 2.83 bits per heavy atom. The molecule has 6 heteroatoms. The average Bonchev–Trinajstić information content (AvgIpc) is 2.34. The maximum absolute atomic E-state index is 11.1. The smallest absolute Gasteiger partial charge is 0.258 e. The first-order chi connectivity index (χ1) is 8.50. The van der Waals surface area contributed by atoms with Crippen LogP contribution in [0.15, 0.2) is 33.3 Å². The number of amides is 1. The van der Waals surface area contributed by atoms with Crippen LogP contribution in [-0.4, -0.2) is 17.0 Å². The Morgan fingerprint density at radius 1 is 1.44 bits per heavy atom. The molecule has 1 heterocycles. The standard InChI is InChI=1S/C12H10Br2N2O2/c1-6(12(15)17)18-11-9(14)5-8(13)7-3-2-4-16-10(7)11/h2-6H,1H3,(H2,15,17). The summed E-state index contributed by atoms with van der Waals surface area (Å²) >= 11 is 6.86. The summed E-state index contributed by atoms with van der Waals surface area (Å²) in [5.74, 6) is -0.00556. The third kappa shape index (κ3) is 2.49. The number of nitrogens with zero attached hydrogens (tertiary/aromatic N) is 1. The van der Waals surface area contributed by atoms with Crippen molar-refractivity contribution in [3.05, 3.63) is 33.3 Å². The molecule has 4 nitrogen and oxygen atoms in total. The lowest BCUT2D eigenvalue weighted by atomic mass is 10.2. The summed E-state index contributed by atoms with van der Waals surface area (Å²) in [6.45, 7) is 1.60. The molecule has 0 aliphatic carbocycles. The Morgan fingerprint density at radius 2 is 2.17 bits per heavy atom. The normalized spacial score (nSPS) is 12.4. The Balaban J connectivity index is 2.59. The molecule has 0 spiro atoms. The van der Waals surface area contributed by atoms with Crippen LogP contribution in [0, 0.1) is 0 Å². The van der Waals surface area contributed by atoms with Gasteiger partial charge in [-0.2, -0.15) is 0 Å². The lowest BCUT2D eigenvalue weighted by molar-refractivity contribution is -0.123. The molecule has 94 valence electrons. The fraction of sp³-hybridized carbons (Fsp3) is 0.167. The third-order valence-electron chi connectivity index (χ3n) is 2.45. The number of rotatable bonds is 3. The van der Waals surface area contributed by atoms with Crippen molar-refractivity contribution < 1.29 is 9.53 Å². The van der Waals surface area contributed by atoms with Crippen molar-refractivity contribution >= 4 is 48.7 Å². The SMILES string of the molecule is CC(Oc1c(Br)cc(Br)c2cccnc12)C(N)=O. The van der Waals surface area contributed by atoms with Crippen LogP contribution in [0.5, 0.6) is 5.75 Å². The molecular weight excluding hydrogens is 364 g/mol. The number of carbonyl (C=O) groups is 1. The van der Waals surface area contributed by atoms with Crippen LogP contribution in [0.2, 0.25) is 0 Å². The van der Waals surface area contributed by atoms with E-state index in [2.05, 4.69) is 36.8 Å². The number of pyridine rings is 1. The quantitative estimate of drug-likeness (QED) is 0.899. The largest absolute Gasteiger partial charge is 0.477 e. The maximum atomic E-state index is 11.1. The van der Waals surface area contributed by atoms with Gasteiger partial charge in [-0.3, -0.25) is 9.78 Å². The molecule has 2 rings (SSSR count). The summed E-state index contributed by atoms with van der Waals surface area (Å²) < 4.78 is 7.19. The number of ether oxygens (including phenoxy) is 1. The molecule has 2 N–H and O–H groups in total. The van der Waals surface area contributed by atoms with Crippen molar-refractivity contribution in [3.63, 3.8) is 0 Å². The molecule has 0 aliphatic heterocycles. The van der Waals surface area contributed by atoms with Gasteiger partial charge in [0.25, 0.3) is 5.91 Å². The molecule has 1 amide bonds. The second kappa shape index (κ2) is 5.24. The molecule has 1 aromatic heterocycles. The van der Waals surface area contributed by atoms with Crippen LogP contribution in [-0.2, 0) is 4.79 Å². The van der Waals surface area contributed by atoms with Crippen LogP contribution in [0.3, 0.4) is 0 Å². The molecule has 0 bridgehead atoms. The zero-order valence-corrected chi connectivity index (χ0v) is 12.7. The molecule has 1 atom stereocenters. The Labute approximate surface area is 121 Å². The molecule has 1 aromatic carbocycles. The molecule has 2 aromatic rings. The van der Waals surface area contributed by atoms with E-state index in [0.717, 1.165) is 9.86 Å². The van der Waals surface area contributed by atoms with Crippen molar-refractivity contribution in [1.82, 2.24) is 4.98 Å². The van der Waals surface area contributed by atoms with Gasteiger partial charge in [-0.05, 0) is 35.0 Å². The predicted molar refractivity (Wildman–Crippen MR) is 76.4 cm³/mol. The third-order valence-corrected chi connectivity index (χ3v) is 3.69. The summed E-state index contributed by atoms with van der Waals surface area (Å²) in [4.78, 5) is 15.3. The van der Waals surface area contributed by atoms with Gasteiger partial charge in [0.1, 0.15) is 5.52 Å². The fourth-order valence-electron chi connectivity index (χ4n) is 1.49. The summed E-state index contributed by atoms with van der Waals surface area (Å²) in [6.07, 6.45) is 0.955. The van der Waals surface area contributed by atoms with E-state index in [1.807, 2.05) is 18.2 Å². The van der Waals surface area contributed by atoms with E-state index in [1.165, 1.54) is 0 Å². The van der Waals surface area contributed by atoms with Gasteiger partial charge in [0, 0.05) is 16.1 Å². The van der Waals surface area contributed by atoms with Crippen molar-refractivity contribution in [2.24, 2.45) is 5.73 Å². The van der Waals surface area contributed by atoms with Crippen LogP contribution < -0.4 is 10.5 Å². The maximum Gasteiger partial charge on any atom is 0.258 e. The number of primary amides is 1. The van der Waals surface area contributed by atoms with Crippen LogP contribution in [0.25, 0.3) is 10.9 Å². The van der Waals surface area contributed by atoms with Gasteiger partial charge in [-0.15, -0.1) is 0 Å². The van der Waals surface area contributed by atoms with Gasteiger partial charge in [-0.25, -0.2) is 0 Å². The van der Waals surface area contributed by atoms with Gasteiger partial charge in [0.15, 0.2) is 11.9 Å². The molecule has 0 saturated heterocycles.